The smallest absolute Gasteiger partial charge is 0.342 e. The maximum atomic E-state index is 13.2. The number of benzene rings is 3. The molecule has 3 aromatic carbocycles. The summed E-state index contributed by atoms with van der Waals surface area (Å²) in [5.41, 5.74) is 1.17. The fourth-order valence-corrected chi connectivity index (χ4v) is 10.6. The molecule has 196 valence electrons. The van der Waals surface area contributed by atoms with Gasteiger partial charge in [-0.3, -0.25) is 0 Å². The van der Waals surface area contributed by atoms with Crippen LogP contribution in [0, 0.1) is 0 Å². The standard InChI is InChI=1S/C30H36O5SSi/c1-30(2,3)37(24-12-8-6-9-13-24,25-14-10-7-11-15-25)34-20-22-18-26(28(33-5)19-27(22)32-4)29(31)35-23-16-17-36-21-23/h6-15,18-19,23H,16-17,20-21H2,1-5H3. The second-order valence-corrected chi connectivity index (χ2v) is 15.7. The van der Waals surface area contributed by atoms with E-state index in [0.717, 1.165) is 23.5 Å². The lowest BCUT2D eigenvalue weighted by molar-refractivity contribution is 0.0353. The molecule has 0 aliphatic carbocycles. The average molecular weight is 537 g/mol. The molecule has 0 saturated carbocycles. The van der Waals surface area contributed by atoms with Gasteiger partial charge in [-0.15, -0.1) is 0 Å². The van der Waals surface area contributed by atoms with Crippen LogP contribution in [0.5, 0.6) is 11.5 Å². The first-order valence-electron chi connectivity index (χ1n) is 12.6. The van der Waals surface area contributed by atoms with Crippen LogP contribution in [0.3, 0.4) is 0 Å². The summed E-state index contributed by atoms with van der Waals surface area (Å²) in [6.45, 7) is 7.01. The maximum Gasteiger partial charge on any atom is 0.342 e. The third-order valence-electron chi connectivity index (χ3n) is 6.85. The molecular formula is C30H36O5SSi. The zero-order valence-electron chi connectivity index (χ0n) is 22.3. The molecule has 1 fully saturated rings. The first-order valence-corrected chi connectivity index (χ1v) is 15.6. The fourth-order valence-electron chi connectivity index (χ4n) is 5.01. The number of rotatable bonds is 9. The van der Waals surface area contributed by atoms with Crippen LogP contribution in [-0.2, 0) is 15.8 Å². The first-order chi connectivity index (χ1) is 17.8. The van der Waals surface area contributed by atoms with Gasteiger partial charge in [0.2, 0.25) is 0 Å². The number of esters is 1. The van der Waals surface area contributed by atoms with E-state index in [4.69, 9.17) is 18.6 Å². The summed E-state index contributed by atoms with van der Waals surface area (Å²) in [4.78, 5) is 13.2. The molecule has 0 radical (unpaired) electrons. The maximum absolute atomic E-state index is 13.2. The Hall–Kier alpha value is -2.74. The van der Waals surface area contributed by atoms with E-state index in [1.54, 1.807) is 38.1 Å². The van der Waals surface area contributed by atoms with Crippen molar-refractivity contribution in [1.82, 2.24) is 0 Å². The molecule has 1 unspecified atom stereocenters. The summed E-state index contributed by atoms with van der Waals surface area (Å²) in [5, 5.41) is 2.22. The Morgan fingerprint density at radius 2 is 1.51 bits per heavy atom. The summed E-state index contributed by atoms with van der Waals surface area (Å²) in [7, 11) is 0.401. The Morgan fingerprint density at radius 1 is 0.919 bits per heavy atom. The molecule has 0 amide bonds. The third kappa shape index (κ3) is 5.74. The number of hydrogen-bond donors (Lipinski definition) is 0. The van der Waals surface area contributed by atoms with Crippen LogP contribution in [-0.4, -0.2) is 46.1 Å². The van der Waals surface area contributed by atoms with Gasteiger partial charge >= 0.3 is 5.97 Å². The summed E-state index contributed by atoms with van der Waals surface area (Å²) in [5.74, 6) is 2.51. The van der Waals surface area contributed by atoms with Crippen molar-refractivity contribution in [3.05, 3.63) is 83.9 Å². The molecule has 5 nitrogen and oxygen atoms in total. The molecule has 1 aliphatic heterocycles. The predicted molar refractivity (Wildman–Crippen MR) is 153 cm³/mol. The lowest BCUT2D eigenvalue weighted by Crippen LogP contribution is -2.66. The van der Waals surface area contributed by atoms with Gasteiger partial charge in [-0.05, 0) is 33.7 Å². The van der Waals surface area contributed by atoms with Gasteiger partial charge in [0, 0.05) is 17.4 Å². The van der Waals surface area contributed by atoms with E-state index in [1.807, 2.05) is 12.1 Å². The summed E-state index contributed by atoms with van der Waals surface area (Å²) in [6.07, 6.45) is 0.805. The highest BCUT2D eigenvalue weighted by molar-refractivity contribution is 7.99. The topological polar surface area (TPSA) is 54.0 Å². The predicted octanol–water partition coefficient (Wildman–Crippen LogP) is 5.44. The Bertz CT molecular complexity index is 1150. The highest BCUT2D eigenvalue weighted by Crippen LogP contribution is 2.39. The van der Waals surface area contributed by atoms with Crippen molar-refractivity contribution in [3.63, 3.8) is 0 Å². The van der Waals surface area contributed by atoms with Crippen molar-refractivity contribution in [2.24, 2.45) is 0 Å². The summed E-state index contributed by atoms with van der Waals surface area (Å²) >= 11 is 1.80. The minimum atomic E-state index is -2.77. The molecule has 0 aromatic heterocycles. The van der Waals surface area contributed by atoms with Crippen LogP contribution in [0.2, 0.25) is 5.04 Å². The van der Waals surface area contributed by atoms with E-state index in [0.29, 0.717) is 17.1 Å². The quantitative estimate of drug-likeness (QED) is 0.268. The fraction of sp³-hybridized carbons (Fsp3) is 0.367. The third-order valence-corrected chi connectivity index (χ3v) is 13.0. The van der Waals surface area contributed by atoms with Crippen LogP contribution in [0.4, 0.5) is 0 Å². The minimum Gasteiger partial charge on any atom is -0.496 e. The molecule has 4 rings (SSSR count). The van der Waals surface area contributed by atoms with Gasteiger partial charge in [0.05, 0.1) is 20.8 Å². The van der Waals surface area contributed by atoms with E-state index in [1.165, 1.54) is 10.4 Å². The molecule has 0 bridgehead atoms. The number of methoxy groups -OCH3 is 2. The Kier molecular flexibility index (Phi) is 8.67. The van der Waals surface area contributed by atoms with Crippen molar-refractivity contribution in [2.75, 3.05) is 25.7 Å². The number of ether oxygens (including phenoxy) is 3. The molecule has 1 heterocycles. The van der Waals surface area contributed by atoms with Gasteiger partial charge in [0.1, 0.15) is 23.2 Å². The Labute approximate surface area is 225 Å². The highest BCUT2D eigenvalue weighted by Gasteiger charge is 2.50. The van der Waals surface area contributed by atoms with Gasteiger partial charge in [0.25, 0.3) is 8.32 Å². The zero-order valence-corrected chi connectivity index (χ0v) is 24.1. The van der Waals surface area contributed by atoms with E-state index in [9.17, 15) is 4.79 Å². The first kappa shape index (κ1) is 27.3. The normalized spacial score (nSPS) is 15.9. The monoisotopic (exact) mass is 536 g/mol. The van der Waals surface area contributed by atoms with E-state index in [-0.39, 0.29) is 23.7 Å². The Morgan fingerprint density at radius 3 is 2.00 bits per heavy atom. The summed E-state index contributed by atoms with van der Waals surface area (Å²) in [6, 6.07) is 24.6. The van der Waals surface area contributed by atoms with Crippen LogP contribution < -0.4 is 19.8 Å². The SMILES string of the molecule is COc1cc(OC)c(C(=O)OC2CCSC2)cc1CO[Si](c1ccccc1)(c1ccccc1)C(C)(C)C. The van der Waals surface area contributed by atoms with Crippen molar-refractivity contribution < 1.29 is 23.4 Å². The lowest BCUT2D eigenvalue weighted by Gasteiger charge is -2.43. The van der Waals surface area contributed by atoms with Crippen LogP contribution in [0.15, 0.2) is 72.8 Å². The lowest BCUT2D eigenvalue weighted by atomic mass is 10.1. The highest BCUT2D eigenvalue weighted by atomic mass is 32.2. The van der Waals surface area contributed by atoms with E-state index < -0.39 is 8.32 Å². The number of hydrogen-bond acceptors (Lipinski definition) is 6. The molecule has 1 saturated heterocycles. The molecule has 0 N–H and O–H groups in total. The van der Waals surface area contributed by atoms with Gasteiger partial charge in [-0.25, -0.2) is 4.79 Å². The van der Waals surface area contributed by atoms with Crippen LogP contribution in [0.1, 0.15) is 43.1 Å². The second kappa shape index (κ2) is 11.8. The largest absolute Gasteiger partial charge is 0.496 e. The zero-order chi connectivity index (χ0) is 26.5. The molecule has 37 heavy (non-hydrogen) atoms. The van der Waals surface area contributed by atoms with Crippen molar-refractivity contribution in [3.8, 4) is 11.5 Å². The average Bonchev–Trinajstić information content (AvgIpc) is 3.42. The van der Waals surface area contributed by atoms with Gasteiger partial charge in [0.15, 0.2) is 0 Å². The van der Waals surface area contributed by atoms with Crippen LogP contribution >= 0.6 is 11.8 Å². The molecule has 7 heteroatoms. The van der Waals surface area contributed by atoms with Crippen molar-refractivity contribution in [1.29, 1.82) is 0 Å². The van der Waals surface area contributed by atoms with Gasteiger partial charge in [-0.1, -0.05) is 81.4 Å². The van der Waals surface area contributed by atoms with Crippen LogP contribution in [0.25, 0.3) is 0 Å². The minimum absolute atomic E-state index is 0.0684. The van der Waals surface area contributed by atoms with Gasteiger partial charge < -0.3 is 18.6 Å². The summed E-state index contributed by atoms with van der Waals surface area (Å²) < 4.78 is 24.2. The van der Waals surface area contributed by atoms with Crippen molar-refractivity contribution in [2.45, 2.75) is 44.9 Å². The Balaban J connectivity index is 1.75. The molecule has 3 aromatic rings. The second-order valence-electron chi connectivity index (χ2n) is 10.2. The van der Waals surface area contributed by atoms with E-state index >= 15 is 0 Å². The molecule has 1 aliphatic rings. The molecule has 1 atom stereocenters. The molecular weight excluding hydrogens is 500 g/mol. The number of carbonyl (C=O) groups is 1. The van der Waals surface area contributed by atoms with Gasteiger partial charge in [-0.2, -0.15) is 11.8 Å². The van der Waals surface area contributed by atoms with Crippen molar-refractivity contribution >= 4 is 36.4 Å². The number of carbonyl (C=O) groups excluding carboxylic acids is 1. The van der Waals surface area contributed by atoms with E-state index in [2.05, 4.69) is 69.3 Å². The number of thioether (sulfide) groups is 1. The molecule has 0 spiro atoms.